The molecule has 1 unspecified atom stereocenters. The van der Waals surface area contributed by atoms with Crippen LogP contribution < -0.4 is 0 Å². The van der Waals surface area contributed by atoms with Gasteiger partial charge in [0, 0.05) is 13.0 Å². The summed E-state index contributed by atoms with van der Waals surface area (Å²) in [6.07, 6.45) is 2.08. The molecule has 4 nitrogen and oxygen atoms in total. The van der Waals surface area contributed by atoms with Crippen LogP contribution in [-0.2, 0) is 19.1 Å². The Bertz CT molecular complexity index is 187. The highest BCUT2D eigenvalue weighted by Gasteiger charge is 1.99. The van der Waals surface area contributed by atoms with Gasteiger partial charge in [-0.1, -0.05) is 13.5 Å². The number of ether oxygens (including phenoxy) is 2. The second-order valence-corrected chi connectivity index (χ2v) is 2.56. The van der Waals surface area contributed by atoms with E-state index in [0.29, 0.717) is 0 Å². The summed E-state index contributed by atoms with van der Waals surface area (Å²) in [7, 11) is 1.31. The highest BCUT2D eigenvalue weighted by atomic mass is 16.5. The molecule has 0 bridgehead atoms. The molecule has 0 saturated heterocycles. The van der Waals surface area contributed by atoms with Crippen molar-refractivity contribution in [1.82, 2.24) is 0 Å². The first-order valence-corrected chi connectivity index (χ1v) is 4.35. The minimum absolute atomic E-state index is 0.0764. The number of esters is 2. The molecule has 0 aliphatic carbocycles. The van der Waals surface area contributed by atoms with E-state index in [2.05, 4.69) is 11.3 Å². The Kier molecular flexibility index (Phi) is 10.6. The summed E-state index contributed by atoms with van der Waals surface area (Å²) in [5, 5.41) is 0. The normalized spacial score (nSPS) is 10.3. The van der Waals surface area contributed by atoms with Crippen molar-refractivity contribution >= 4 is 11.9 Å². The molecule has 0 fully saturated rings. The van der Waals surface area contributed by atoms with E-state index >= 15 is 0 Å². The number of methoxy groups -OCH3 is 1. The van der Waals surface area contributed by atoms with Crippen molar-refractivity contribution in [2.45, 2.75) is 33.3 Å². The molecule has 0 spiro atoms. The van der Waals surface area contributed by atoms with E-state index in [1.54, 1.807) is 0 Å². The van der Waals surface area contributed by atoms with Crippen LogP contribution >= 0.6 is 0 Å². The number of carbonyl (C=O) groups is 2. The Labute approximate surface area is 84.9 Å². The van der Waals surface area contributed by atoms with Gasteiger partial charge in [-0.3, -0.25) is 4.79 Å². The smallest absolute Gasteiger partial charge is 0.329 e. The van der Waals surface area contributed by atoms with Crippen LogP contribution in [-0.4, -0.2) is 25.2 Å². The lowest BCUT2D eigenvalue weighted by Crippen LogP contribution is -2.09. The van der Waals surface area contributed by atoms with E-state index in [9.17, 15) is 9.59 Å². The SMILES string of the molecule is C=CC(=O)OC.CCC(C)OC(C)=O. The fourth-order valence-electron chi connectivity index (χ4n) is 0.450. The maximum atomic E-state index is 10.2. The second-order valence-electron chi connectivity index (χ2n) is 2.56. The fraction of sp³-hybridized carbons (Fsp3) is 0.600. The zero-order valence-electron chi connectivity index (χ0n) is 9.20. The molecule has 0 radical (unpaired) electrons. The predicted octanol–water partition coefficient (Wildman–Crippen LogP) is 1.69. The van der Waals surface area contributed by atoms with Crippen molar-refractivity contribution in [3.8, 4) is 0 Å². The summed E-state index contributed by atoms with van der Waals surface area (Å²) in [6, 6.07) is 0. The summed E-state index contributed by atoms with van der Waals surface area (Å²) in [4.78, 5) is 20.0. The summed E-state index contributed by atoms with van der Waals surface area (Å²) in [5.41, 5.74) is 0. The Hall–Kier alpha value is -1.32. The van der Waals surface area contributed by atoms with Crippen LogP contribution in [0.4, 0.5) is 0 Å². The predicted molar refractivity (Wildman–Crippen MR) is 53.7 cm³/mol. The van der Waals surface area contributed by atoms with Crippen LogP contribution in [0.5, 0.6) is 0 Å². The Morgan fingerprint density at radius 1 is 1.50 bits per heavy atom. The lowest BCUT2D eigenvalue weighted by atomic mass is 10.3. The van der Waals surface area contributed by atoms with Crippen molar-refractivity contribution in [2.24, 2.45) is 0 Å². The standard InChI is InChI=1S/C6H12O2.C4H6O2/c1-4-5(2)8-6(3)7;1-3-4(5)6-2/h5H,4H2,1-3H3;3H,1H2,2H3. The van der Waals surface area contributed by atoms with Gasteiger partial charge in [0.2, 0.25) is 0 Å². The van der Waals surface area contributed by atoms with Gasteiger partial charge >= 0.3 is 11.9 Å². The molecule has 82 valence electrons. The van der Waals surface area contributed by atoms with E-state index in [1.165, 1.54) is 14.0 Å². The van der Waals surface area contributed by atoms with Gasteiger partial charge in [0.15, 0.2) is 0 Å². The molecule has 0 aromatic carbocycles. The molecule has 0 aromatic heterocycles. The van der Waals surface area contributed by atoms with Crippen molar-refractivity contribution in [3.05, 3.63) is 12.7 Å². The molecule has 0 N–H and O–H groups in total. The molecule has 4 heteroatoms. The minimum atomic E-state index is -0.394. The van der Waals surface area contributed by atoms with Gasteiger partial charge in [0.05, 0.1) is 13.2 Å². The van der Waals surface area contributed by atoms with Gasteiger partial charge in [0.25, 0.3) is 0 Å². The lowest BCUT2D eigenvalue weighted by Gasteiger charge is -2.06. The van der Waals surface area contributed by atoms with Gasteiger partial charge in [-0.2, -0.15) is 0 Å². The first-order chi connectivity index (χ1) is 6.47. The van der Waals surface area contributed by atoms with E-state index in [0.717, 1.165) is 12.5 Å². The molecule has 0 amide bonds. The highest BCUT2D eigenvalue weighted by Crippen LogP contribution is 1.94. The number of hydrogen-bond acceptors (Lipinski definition) is 4. The van der Waals surface area contributed by atoms with E-state index < -0.39 is 5.97 Å². The quantitative estimate of drug-likeness (QED) is 0.516. The third kappa shape index (κ3) is 13.3. The van der Waals surface area contributed by atoms with E-state index in [4.69, 9.17) is 4.74 Å². The molecule has 1 atom stereocenters. The summed E-state index contributed by atoms with van der Waals surface area (Å²) in [5.74, 6) is -0.589. The third-order valence-corrected chi connectivity index (χ3v) is 1.31. The molecule has 0 aromatic rings. The van der Waals surface area contributed by atoms with Gasteiger partial charge in [0.1, 0.15) is 0 Å². The van der Waals surface area contributed by atoms with Crippen LogP contribution in [0.2, 0.25) is 0 Å². The molecule has 0 aliphatic heterocycles. The number of carbonyl (C=O) groups excluding carboxylic acids is 2. The topological polar surface area (TPSA) is 52.6 Å². The maximum absolute atomic E-state index is 10.2. The van der Waals surface area contributed by atoms with Crippen LogP contribution in [0.3, 0.4) is 0 Å². The number of hydrogen-bond donors (Lipinski definition) is 0. The molecular weight excluding hydrogens is 184 g/mol. The van der Waals surface area contributed by atoms with Crippen LogP contribution in [0.1, 0.15) is 27.2 Å². The van der Waals surface area contributed by atoms with Gasteiger partial charge < -0.3 is 9.47 Å². The van der Waals surface area contributed by atoms with E-state index in [1.807, 2.05) is 13.8 Å². The first-order valence-electron chi connectivity index (χ1n) is 4.35. The molecule has 0 rings (SSSR count). The van der Waals surface area contributed by atoms with E-state index in [-0.39, 0.29) is 12.1 Å². The second kappa shape index (κ2) is 9.77. The molecule has 0 saturated carbocycles. The molecular formula is C10H18O4. The zero-order chi connectivity index (χ0) is 11.6. The Morgan fingerprint density at radius 3 is 2.07 bits per heavy atom. The van der Waals surface area contributed by atoms with Crippen molar-refractivity contribution in [1.29, 1.82) is 0 Å². The first kappa shape index (κ1) is 15.2. The van der Waals surface area contributed by atoms with Gasteiger partial charge in [-0.15, -0.1) is 0 Å². The zero-order valence-corrected chi connectivity index (χ0v) is 9.20. The summed E-state index contributed by atoms with van der Waals surface area (Å²) in [6.45, 7) is 8.44. The summed E-state index contributed by atoms with van der Waals surface area (Å²) >= 11 is 0. The third-order valence-electron chi connectivity index (χ3n) is 1.31. The highest BCUT2D eigenvalue weighted by molar-refractivity contribution is 5.80. The van der Waals surface area contributed by atoms with Gasteiger partial charge in [-0.25, -0.2) is 4.79 Å². The maximum Gasteiger partial charge on any atom is 0.329 e. The van der Waals surface area contributed by atoms with Crippen LogP contribution in [0.25, 0.3) is 0 Å². The molecule has 0 aliphatic rings. The fourth-order valence-corrected chi connectivity index (χ4v) is 0.450. The Balaban J connectivity index is 0. The van der Waals surface area contributed by atoms with Crippen molar-refractivity contribution < 1.29 is 19.1 Å². The molecule has 14 heavy (non-hydrogen) atoms. The van der Waals surface area contributed by atoms with Crippen molar-refractivity contribution in [3.63, 3.8) is 0 Å². The Morgan fingerprint density at radius 2 is 2.00 bits per heavy atom. The summed E-state index contributed by atoms with van der Waals surface area (Å²) < 4.78 is 8.90. The minimum Gasteiger partial charge on any atom is -0.466 e. The van der Waals surface area contributed by atoms with Crippen LogP contribution in [0.15, 0.2) is 12.7 Å². The average Bonchev–Trinajstić information content (AvgIpc) is 2.16. The largest absolute Gasteiger partial charge is 0.466 e. The van der Waals surface area contributed by atoms with Gasteiger partial charge in [-0.05, 0) is 13.3 Å². The number of rotatable bonds is 3. The monoisotopic (exact) mass is 202 g/mol. The van der Waals surface area contributed by atoms with Crippen molar-refractivity contribution in [2.75, 3.05) is 7.11 Å². The molecule has 0 heterocycles. The average molecular weight is 202 g/mol. The lowest BCUT2D eigenvalue weighted by molar-refractivity contribution is -0.145. The van der Waals surface area contributed by atoms with Crippen LogP contribution in [0, 0.1) is 0 Å².